The molecule has 0 heterocycles. The van der Waals surface area contributed by atoms with Gasteiger partial charge in [0.05, 0.1) is 20.1 Å². The Balaban J connectivity index is 2.88. The highest BCUT2D eigenvalue weighted by Crippen LogP contribution is 2.20. The molecule has 1 aromatic rings. The van der Waals surface area contributed by atoms with Gasteiger partial charge in [-0.1, -0.05) is 22.0 Å². The van der Waals surface area contributed by atoms with E-state index in [1.54, 1.807) is 18.1 Å². The summed E-state index contributed by atoms with van der Waals surface area (Å²) >= 11 is 3.42. The second-order valence-corrected chi connectivity index (χ2v) is 5.38. The number of carbonyl (C=O) groups excluding carboxylic acids is 2. The molecule has 0 aliphatic rings. The van der Waals surface area contributed by atoms with E-state index in [-0.39, 0.29) is 18.3 Å². The highest BCUT2D eigenvalue weighted by Gasteiger charge is 2.19. The second kappa shape index (κ2) is 8.79. The topological polar surface area (TPSA) is 55.8 Å². The van der Waals surface area contributed by atoms with Crippen LogP contribution in [0.2, 0.25) is 0 Å². The van der Waals surface area contributed by atoms with Gasteiger partial charge in [0.2, 0.25) is 0 Å². The minimum absolute atomic E-state index is 0.116. The first-order valence-electron chi connectivity index (χ1n) is 6.61. The van der Waals surface area contributed by atoms with E-state index in [0.29, 0.717) is 25.3 Å². The molecule has 0 aromatic heterocycles. The van der Waals surface area contributed by atoms with Crippen LogP contribution in [-0.4, -0.2) is 50.7 Å². The van der Waals surface area contributed by atoms with E-state index in [9.17, 15) is 9.59 Å². The summed E-state index contributed by atoms with van der Waals surface area (Å²) in [6.45, 7) is 3.03. The third kappa shape index (κ3) is 5.13. The van der Waals surface area contributed by atoms with E-state index in [1.165, 1.54) is 7.11 Å². The number of carbonyl (C=O) groups is 2. The van der Waals surface area contributed by atoms with Gasteiger partial charge in [-0.15, -0.1) is 0 Å². The molecule has 0 aliphatic heterocycles. The number of hydrogen-bond donors (Lipinski definition) is 0. The van der Waals surface area contributed by atoms with Crippen molar-refractivity contribution in [1.29, 1.82) is 0 Å². The molecule has 0 atom stereocenters. The monoisotopic (exact) mass is 357 g/mol. The molecule has 0 saturated carbocycles. The molecule has 0 unspecified atom stereocenters. The van der Waals surface area contributed by atoms with E-state index in [4.69, 9.17) is 4.74 Å². The number of nitrogens with zero attached hydrogens (tertiary/aromatic N) is 1. The van der Waals surface area contributed by atoms with Gasteiger partial charge >= 0.3 is 5.97 Å². The molecule has 5 nitrogen and oxygen atoms in total. The van der Waals surface area contributed by atoms with Crippen LogP contribution in [0.4, 0.5) is 0 Å². The quantitative estimate of drug-likeness (QED) is 0.703. The lowest BCUT2D eigenvalue weighted by Crippen LogP contribution is -2.36. The van der Waals surface area contributed by atoms with Crippen molar-refractivity contribution >= 4 is 27.8 Å². The van der Waals surface area contributed by atoms with Crippen molar-refractivity contribution < 1.29 is 19.1 Å². The van der Waals surface area contributed by atoms with Crippen molar-refractivity contribution in [3.8, 4) is 0 Å². The molecular formula is C15H20BrNO4. The van der Waals surface area contributed by atoms with Gasteiger partial charge in [-0.2, -0.15) is 0 Å². The fraction of sp³-hybridized carbons (Fsp3) is 0.467. The number of esters is 1. The summed E-state index contributed by atoms with van der Waals surface area (Å²) in [5.74, 6) is -0.453. The molecule has 1 rings (SSSR count). The maximum absolute atomic E-state index is 12.6. The molecule has 0 spiro atoms. The standard InChI is InChI=1S/C15H20BrNO4/c1-11-12(5-4-6-13(11)16)15(19)17(9-10-20-2)8-7-14(18)21-3/h4-6H,7-10H2,1-3H3. The van der Waals surface area contributed by atoms with Gasteiger partial charge in [-0.05, 0) is 24.6 Å². The van der Waals surface area contributed by atoms with Crippen molar-refractivity contribution in [3.05, 3.63) is 33.8 Å². The smallest absolute Gasteiger partial charge is 0.307 e. The van der Waals surface area contributed by atoms with Crippen LogP contribution in [0.3, 0.4) is 0 Å². The summed E-state index contributed by atoms with van der Waals surface area (Å²) in [4.78, 5) is 25.5. The normalized spacial score (nSPS) is 10.3. The lowest BCUT2D eigenvalue weighted by molar-refractivity contribution is -0.140. The number of methoxy groups -OCH3 is 2. The number of ether oxygens (including phenoxy) is 2. The van der Waals surface area contributed by atoms with Crippen molar-refractivity contribution in [2.45, 2.75) is 13.3 Å². The van der Waals surface area contributed by atoms with Crippen LogP contribution in [0.25, 0.3) is 0 Å². The maximum Gasteiger partial charge on any atom is 0.307 e. The summed E-state index contributed by atoms with van der Waals surface area (Å²) < 4.78 is 10.5. The highest BCUT2D eigenvalue weighted by atomic mass is 79.9. The average molecular weight is 358 g/mol. The van der Waals surface area contributed by atoms with Gasteiger partial charge in [0.15, 0.2) is 0 Å². The summed E-state index contributed by atoms with van der Waals surface area (Å²) in [5, 5.41) is 0. The molecule has 21 heavy (non-hydrogen) atoms. The van der Waals surface area contributed by atoms with Gasteiger partial charge in [-0.3, -0.25) is 9.59 Å². The molecule has 1 aromatic carbocycles. The molecule has 0 bridgehead atoms. The summed E-state index contributed by atoms with van der Waals surface area (Å²) in [7, 11) is 2.91. The van der Waals surface area contributed by atoms with Gasteiger partial charge < -0.3 is 14.4 Å². The SMILES string of the molecule is COCCN(CCC(=O)OC)C(=O)c1cccc(Br)c1C. The number of hydrogen-bond acceptors (Lipinski definition) is 4. The molecule has 0 N–H and O–H groups in total. The molecule has 0 aliphatic carbocycles. The summed E-state index contributed by atoms with van der Waals surface area (Å²) in [5.41, 5.74) is 1.49. The van der Waals surface area contributed by atoms with Crippen LogP contribution >= 0.6 is 15.9 Å². The Morgan fingerprint density at radius 2 is 1.95 bits per heavy atom. The number of rotatable bonds is 7. The molecular weight excluding hydrogens is 338 g/mol. The maximum atomic E-state index is 12.6. The van der Waals surface area contributed by atoms with Crippen LogP contribution in [0.5, 0.6) is 0 Å². The zero-order valence-electron chi connectivity index (χ0n) is 12.5. The van der Waals surface area contributed by atoms with E-state index in [0.717, 1.165) is 10.0 Å². The third-order valence-corrected chi connectivity index (χ3v) is 4.02. The van der Waals surface area contributed by atoms with E-state index in [1.807, 2.05) is 19.1 Å². The lowest BCUT2D eigenvalue weighted by atomic mass is 10.1. The number of halogens is 1. The van der Waals surface area contributed by atoms with E-state index < -0.39 is 0 Å². The Morgan fingerprint density at radius 1 is 1.24 bits per heavy atom. The van der Waals surface area contributed by atoms with Crippen molar-refractivity contribution in [1.82, 2.24) is 4.90 Å². The minimum Gasteiger partial charge on any atom is -0.469 e. The van der Waals surface area contributed by atoms with Crippen LogP contribution < -0.4 is 0 Å². The zero-order valence-corrected chi connectivity index (χ0v) is 14.1. The minimum atomic E-state index is -0.337. The van der Waals surface area contributed by atoms with Gasteiger partial charge in [0, 0.05) is 30.2 Å². The fourth-order valence-corrected chi connectivity index (χ4v) is 2.22. The molecule has 0 saturated heterocycles. The Hall–Kier alpha value is -1.40. The molecule has 1 amide bonds. The van der Waals surface area contributed by atoms with E-state index in [2.05, 4.69) is 20.7 Å². The second-order valence-electron chi connectivity index (χ2n) is 4.52. The fourth-order valence-electron chi connectivity index (χ4n) is 1.85. The molecule has 116 valence electrons. The first kappa shape index (κ1) is 17.7. The zero-order chi connectivity index (χ0) is 15.8. The predicted molar refractivity (Wildman–Crippen MR) is 83.3 cm³/mol. The van der Waals surface area contributed by atoms with Crippen LogP contribution in [-0.2, 0) is 14.3 Å². The molecule has 0 radical (unpaired) electrons. The Labute approximate surface area is 133 Å². The largest absolute Gasteiger partial charge is 0.469 e. The van der Waals surface area contributed by atoms with Crippen LogP contribution in [0.15, 0.2) is 22.7 Å². The predicted octanol–water partition coefficient (Wildman–Crippen LogP) is 2.41. The molecule has 0 fully saturated rings. The number of benzene rings is 1. The highest BCUT2D eigenvalue weighted by molar-refractivity contribution is 9.10. The van der Waals surface area contributed by atoms with Crippen LogP contribution in [0, 0.1) is 6.92 Å². The third-order valence-electron chi connectivity index (χ3n) is 3.16. The Morgan fingerprint density at radius 3 is 2.57 bits per heavy atom. The van der Waals surface area contributed by atoms with Gasteiger partial charge in [0.25, 0.3) is 5.91 Å². The Kier molecular flexibility index (Phi) is 7.39. The van der Waals surface area contributed by atoms with Crippen molar-refractivity contribution in [2.24, 2.45) is 0 Å². The van der Waals surface area contributed by atoms with Crippen LogP contribution in [0.1, 0.15) is 22.3 Å². The van der Waals surface area contributed by atoms with Crippen molar-refractivity contribution in [2.75, 3.05) is 33.9 Å². The summed E-state index contributed by atoms with van der Waals surface area (Å²) in [6.07, 6.45) is 0.166. The van der Waals surface area contributed by atoms with Gasteiger partial charge in [0.1, 0.15) is 0 Å². The van der Waals surface area contributed by atoms with E-state index >= 15 is 0 Å². The van der Waals surface area contributed by atoms with Crippen molar-refractivity contribution in [3.63, 3.8) is 0 Å². The first-order valence-corrected chi connectivity index (χ1v) is 7.40. The number of amides is 1. The van der Waals surface area contributed by atoms with Gasteiger partial charge in [-0.25, -0.2) is 0 Å². The lowest BCUT2D eigenvalue weighted by Gasteiger charge is -2.23. The first-order chi connectivity index (χ1) is 10.0. The average Bonchev–Trinajstić information content (AvgIpc) is 2.49. The molecule has 6 heteroatoms. The summed E-state index contributed by atoms with van der Waals surface area (Å²) in [6, 6.07) is 5.49. The Bertz CT molecular complexity index is 504.